The third-order valence-electron chi connectivity index (χ3n) is 5.79. The van der Waals surface area contributed by atoms with E-state index in [9.17, 15) is 27.9 Å². The number of alkyl halides is 3. The molecule has 0 aliphatic carbocycles. The van der Waals surface area contributed by atoms with Crippen LogP contribution in [0.3, 0.4) is 0 Å². The molecule has 2 aliphatic heterocycles. The lowest BCUT2D eigenvalue weighted by molar-refractivity contribution is -0.137. The number of carbonyl (C=O) groups excluding carboxylic acids is 1. The summed E-state index contributed by atoms with van der Waals surface area (Å²) in [6.07, 6.45) is -3.44. The number of hydrogen-bond acceptors (Lipinski definition) is 5. The molecule has 11 heteroatoms. The fourth-order valence-corrected chi connectivity index (χ4v) is 4.30. The summed E-state index contributed by atoms with van der Waals surface area (Å²) < 4.78 is 57.7. The molecule has 3 aromatic rings. The van der Waals surface area contributed by atoms with Gasteiger partial charge in [0.1, 0.15) is 5.56 Å². The molecule has 34 heavy (non-hydrogen) atoms. The Bertz CT molecular complexity index is 1330. The molecule has 0 spiro atoms. The number of benzene rings is 2. The number of aromatic carboxylic acids is 1. The van der Waals surface area contributed by atoms with Gasteiger partial charge in [-0.15, -0.1) is 0 Å². The van der Waals surface area contributed by atoms with Gasteiger partial charge in [-0.1, -0.05) is 6.07 Å². The first-order valence-corrected chi connectivity index (χ1v) is 10.1. The van der Waals surface area contributed by atoms with Crippen molar-refractivity contribution in [1.29, 1.82) is 0 Å². The second-order valence-corrected chi connectivity index (χ2v) is 7.79. The minimum atomic E-state index is -4.59. The predicted molar refractivity (Wildman–Crippen MR) is 112 cm³/mol. The van der Waals surface area contributed by atoms with E-state index in [0.29, 0.717) is 28.5 Å². The highest BCUT2D eigenvalue weighted by Crippen LogP contribution is 2.48. The maximum Gasteiger partial charge on any atom is 0.416 e. The van der Waals surface area contributed by atoms with E-state index in [1.54, 1.807) is 12.1 Å². The molecule has 0 saturated heterocycles. The predicted octanol–water partition coefficient (Wildman–Crippen LogP) is 4.41. The zero-order chi connectivity index (χ0) is 24.2. The number of halogens is 3. The van der Waals surface area contributed by atoms with E-state index in [1.165, 1.54) is 30.0 Å². The van der Waals surface area contributed by atoms with Gasteiger partial charge in [0.15, 0.2) is 11.5 Å². The van der Waals surface area contributed by atoms with Gasteiger partial charge in [-0.05, 0) is 35.9 Å². The second kappa shape index (κ2) is 7.72. The number of methoxy groups -OCH3 is 1. The quantitative estimate of drug-likeness (QED) is 0.582. The Hall–Kier alpha value is -4.15. The topological polar surface area (TPSA) is 99.0 Å². The fourth-order valence-electron chi connectivity index (χ4n) is 4.30. The minimum Gasteiger partial charge on any atom is -0.493 e. The molecular weight excluding hydrogens is 457 g/mol. The van der Waals surface area contributed by atoms with Gasteiger partial charge >= 0.3 is 12.1 Å². The maximum absolute atomic E-state index is 13.4. The Morgan fingerprint density at radius 1 is 1.24 bits per heavy atom. The molecule has 2 aromatic carbocycles. The molecule has 2 N–H and O–H groups in total. The monoisotopic (exact) mass is 474 g/mol. The normalized spacial score (nSPS) is 16.7. The largest absolute Gasteiger partial charge is 0.493 e. The van der Waals surface area contributed by atoms with Gasteiger partial charge in [-0.3, -0.25) is 4.79 Å². The molecule has 1 atom stereocenters. The van der Waals surface area contributed by atoms with E-state index in [4.69, 9.17) is 14.2 Å². The van der Waals surface area contributed by atoms with Crippen LogP contribution in [0.2, 0.25) is 0 Å². The molecule has 5 rings (SSSR count). The fraction of sp³-hybridized carbons (Fsp3) is 0.217. The standard InChI is InChI=1S/C23H17F3N2O6/c1-32-16-5-11(6-17-21(16)34-10-33-17)14-8-18(29)27-19-15(22(30)31)9-28(20(14)19)13-4-2-3-12(7-13)23(24,25)26/h2-7,9,14H,8,10H2,1H3,(H,27,29)(H,30,31)/t14-/m1/s1. The lowest BCUT2D eigenvalue weighted by Crippen LogP contribution is -2.25. The van der Waals surface area contributed by atoms with E-state index < -0.39 is 29.5 Å². The number of nitrogens with one attached hydrogen (secondary N) is 1. The molecule has 1 amide bonds. The van der Waals surface area contributed by atoms with Crippen molar-refractivity contribution in [1.82, 2.24) is 4.57 Å². The molecule has 3 heterocycles. The Labute approximate surface area is 190 Å². The van der Waals surface area contributed by atoms with Crippen LogP contribution < -0.4 is 19.5 Å². The number of amides is 1. The van der Waals surface area contributed by atoms with E-state index >= 15 is 0 Å². The molecule has 0 unspecified atom stereocenters. The van der Waals surface area contributed by atoms with Crippen LogP contribution in [0.5, 0.6) is 17.2 Å². The lowest BCUT2D eigenvalue weighted by Gasteiger charge is -2.27. The first-order chi connectivity index (χ1) is 16.2. The van der Waals surface area contributed by atoms with Crippen LogP contribution in [0.25, 0.3) is 5.69 Å². The summed E-state index contributed by atoms with van der Waals surface area (Å²) in [5.41, 5.74) is -0.100. The summed E-state index contributed by atoms with van der Waals surface area (Å²) in [6.45, 7) is -0.0185. The average molecular weight is 474 g/mol. The van der Waals surface area contributed by atoms with Gasteiger partial charge in [0.25, 0.3) is 0 Å². The van der Waals surface area contributed by atoms with Crippen LogP contribution in [0.4, 0.5) is 18.9 Å². The van der Waals surface area contributed by atoms with Crippen molar-refractivity contribution in [3.63, 3.8) is 0 Å². The molecule has 0 radical (unpaired) electrons. The summed E-state index contributed by atoms with van der Waals surface area (Å²) in [6, 6.07) is 7.84. The number of fused-ring (bicyclic) bond motifs is 2. The number of ether oxygens (including phenoxy) is 3. The summed E-state index contributed by atoms with van der Waals surface area (Å²) in [5.74, 6) is -1.32. The zero-order valence-corrected chi connectivity index (χ0v) is 17.6. The highest BCUT2D eigenvalue weighted by molar-refractivity contribution is 6.04. The summed E-state index contributed by atoms with van der Waals surface area (Å²) in [4.78, 5) is 24.5. The van der Waals surface area contributed by atoms with Crippen molar-refractivity contribution < 1.29 is 42.1 Å². The molecule has 0 bridgehead atoms. The Balaban J connectivity index is 1.74. The first-order valence-electron chi connectivity index (χ1n) is 10.1. The van der Waals surface area contributed by atoms with E-state index in [1.807, 2.05) is 0 Å². The number of nitrogens with zero attached hydrogens (tertiary/aromatic N) is 1. The van der Waals surface area contributed by atoms with Crippen LogP contribution in [-0.4, -0.2) is 35.5 Å². The van der Waals surface area contributed by atoms with Crippen molar-refractivity contribution in [2.45, 2.75) is 18.5 Å². The molecule has 1 aromatic heterocycles. The van der Waals surface area contributed by atoms with Crippen molar-refractivity contribution in [2.75, 3.05) is 19.2 Å². The summed E-state index contributed by atoms with van der Waals surface area (Å²) >= 11 is 0. The highest BCUT2D eigenvalue weighted by Gasteiger charge is 2.37. The number of rotatable bonds is 4. The van der Waals surface area contributed by atoms with Crippen molar-refractivity contribution in [2.24, 2.45) is 0 Å². The van der Waals surface area contributed by atoms with Crippen LogP contribution in [0.1, 0.15) is 39.5 Å². The van der Waals surface area contributed by atoms with Gasteiger partial charge < -0.3 is 29.2 Å². The van der Waals surface area contributed by atoms with Gasteiger partial charge in [0, 0.05) is 24.2 Å². The first kappa shape index (κ1) is 21.7. The van der Waals surface area contributed by atoms with Crippen LogP contribution >= 0.6 is 0 Å². The van der Waals surface area contributed by atoms with Crippen LogP contribution in [0.15, 0.2) is 42.6 Å². The molecule has 2 aliphatic rings. The molecular formula is C23H17F3N2O6. The van der Waals surface area contributed by atoms with E-state index in [0.717, 1.165) is 12.1 Å². The van der Waals surface area contributed by atoms with Crippen LogP contribution in [0, 0.1) is 0 Å². The number of anilines is 1. The maximum atomic E-state index is 13.4. The Morgan fingerprint density at radius 2 is 2.03 bits per heavy atom. The number of aromatic nitrogens is 1. The number of carboxylic acid groups (broad SMARTS) is 1. The smallest absolute Gasteiger partial charge is 0.416 e. The van der Waals surface area contributed by atoms with Crippen LogP contribution in [-0.2, 0) is 11.0 Å². The highest BCUT2D eigenvalue weighted by atomic mass is 19.4. The SMILES string of the molecule is COc1cc([C@H]2CC(=O)Nc3c(C(=O)O)cn(-c4cccc(C(F)(F)F)c4)c32)cc2c1OCO2. The number of carbonyl (C=O) groups is 2. The second-order valence-electron chi connectivity index (χ2n) is 7.79. The molecule has 8 nitrogen and oxygen atoms in total. The molecule has 0 saturated carbocycles. The van der Waals surface area contributed by atoms with Gasteiger partial charge in [-0.25, -0.2) is 4.79 Å². The third-order valence-corrected chi connectivity index (χ3v) is 5.79. The van der Waals surface area contributed by atoms with Crippen molar-refractivity contribution in [3.05, 3.63) is 65.0 Å². The number of hydrogen-bond donors (Lipinski definition) is 2. The van der Waals surface area contributed by atoms with E-state index in [-0.39, 0.29) is 30.2 Å². The van der Waals surface area contributed by atoms with Gasteiger partial charge in [0.2, 0.25) is 18.4 Å². The lowest BCUT2D eigenvalue weighted by atomic mass is 9.87. The average Bonchev–Trinajstić information content (AvgIpc) is 3.42. The van der Waals surface area contributed by atoms with Gasteiger partial charge in [-0.2, -0.15) is 13.2 Å². The van der Waals surface area contributed by atoms with E-state index in [2.05, 4.69) is 5.32 Å². The Kier molecular flexibility index (Phi) is 4.92. The molecule has 176 valence electrons. The van der Waals surface area contributed by atoms with Crippen molar-refractivity contribution >= 4 is 17.6 Å². The summed E-state index contributed by atoms with van der Waals surface area (Å²) in [5, 5.41) is 12.3. The Morgan fingerprint density at radius 3 is 2.74 bits per heavy atom. The third kappa shape index (κ3) is 3.49. The van der Waals surface area contributed by atoms with Crippen molar-refractivity contribution in [3.8, 4) is 22.9 Å². The van der Waals surface area contributed by atoms with Gasteiger partial charge in [0.05, 0.1) is 24.1 Å². The molecule has 0 fully saturated rings. The summed E-state index contributed by atoms with van der Waals surface area (Å²) in [7, 11) is 1.44. The minimum absolute atomic E-state index is 0.0185. The zero-order valence-electron chi connectivity index (χ0n) is 17.6. The number of carboxylic acids is 1.